The Morgan fingerprint density at radius 3 is 2.07 bits per heavy atom. The van der Waals surface area contributed by atoms with Gasteiger partial charge in [0.25, 0.3) is 0 Å². The molecule has 0 aromatic carbocycles. The molecule has 86 valence electrons. The molecular formula is C10H17NO4. The van der Waals surface area contributed by atoms with Crippen molar-refractivity contribution in [2.45, 2.75) is 26.7 Å². The SMILES string of the molecule is COC(=O)[C@H](C)CC(=O)[C@@H](C)CC(N)=O. The normalized spacial score (nSPS) is 14.1. The molecule has 0 saturated carbocycles. The zero-order chi connectivity index (χ0) is 12.0. The first-order valence-corrected chi connectivity index (χ1v) is 4.77. The number of ether oxygens (including phenoxy) is 1. The van der Waals surface area contributed by atoms with E-state index in [1.54, 1.807) is 13.8 Å². The molecule has 0 fully saturated rings. The quantitative estimate of drug-likeness (QED) is 0.644. The van der Waals surface area contributed by atoms with Gasteiger partial charge in [0.1, 0.15) is 5.78 Å². The summed E-state index contributed by atoms with van der Waals surface area (Å²) in [7, 11) is 1.27. The summed E-state index contributed by atoms with van der Waals surface area (Å²) in [6, 6.07) is 0. The summed E-state index contributed by atoms with van der Waals surface area (Å²) < 4.78 is 4.49. The van der Waals surface area contributed by atoms with Gasteiger partial charge in [-0.1, -0.05) is 13.8 Å². The van der Waals surface area contributed by atoms with Crippen LogP contribution in [0, 0.1) is 11.8 Å². The van der Waals surface area contributed by atoms with Gasteiger partial charge in [-0.25, -0.2) is 0 Å². The fourth-order valence-electron chi connectivity index (χ4n) is 1.20. The highest BCUT2D eigenvalue weighted by atomic mass is 16.5. The van der Waals surface area contributed by atoms with E-state index < -0.39 is 23.7 Å². The third-order valence-electron chi connectivity index (χ3n) is 2.17. The molecule has 5 nitrogen and oxygen atoms in total. The minimum atomic E-state index is -0.512. The molecule has 2 N–H and O–H groups in total. The molecule has 0 aromatic rings. The zero-order valence-electron chi connectivity index (χ0n) is 9.28. The molecule has 1 amide bonds. The lowest BCUT2D eigenvalue weighted by atomic mass is 9.94. The molecule has 0 aliphatic rings. The van der Waals surface area contributed by atoms with Gasteiger partial charge in [0.15, 0.2) is 0 Å². The molecular weight excluding hydrogens is 198 g/mol. The summed E-state index contributed by atoms with van der Waals surface area (Å²) in [5.74, 6) is -1.99. The Kier molecular flexibility index (Phi) is 5.59. The number of amides is 1. The van der Waals surface area contributed by atoms with Gasteiger partial charge in [-0.2, -0.15) is 0 Å². The third kappa shape index (κ3) is 5.15. The molecule has 0 saturated heterocycles. The number of Topliss-reactive ketones (excluding diaryl/α,β-unsaturated/α-hetero) is 1. The molecule has 2 atom stereocenters. The van der Waals surface area contributed by atoms with Crippen molar-refractivity contribution in [2.75, 3.05) is 7.11 Å². The van der Waals surface area contributed by atoms with E-state index in [0.717, 1.165) is 0 Å². The number of nitrogens with two attached hydrogens (primary N) is 1. The van der Waals surface area contributed by atoms with Crippen LogP contribution in [0.3, 0.4) is 0 Å². The van der Waals surface area contributed by atoms with Crippen molar-refractivity contribution in [3.05, 3.63) is 0 Å². The van der Waals surface area contributed by atoms with Crippen LogP contribution in [0.4, 0.5) is 0 Å². The van der Waals surface area contributed by atoms with Crippen molar-refractivity contribution in [3.8, 4) is 0 Å². The third-order valence-corrected chi connectivity index (χ3v) is 2.17. The van der Waals surface area contributed by atoms with Crippen molar-refractivity contribution >= 4 is 17.7 Å². The maximum atomic E-state index is 11.5. The summed E-state index contributed by atoms with van der Waals surface area (Å²) in [4.78, 5) is 33.1. The Morgan fingerprint density at radius 2 is 1.67 bits per heavy atom. The predicted octanol–water partition coefficient (Wildman–Crippen LogP) is 0.266. The monoisotopic (exact) mass is 215 g/mol. The molecule has 0 bridgehead atoms. The van der Waals surface area contributed by atoms with Crippen molar-refractivity contribution in [3.63, 3.8) is 0 Å². The molecule has 0 aromatic heterocycles. The van der Waals surface area contributed by atoms with Crippen molar-refractivity contribution < 1.29 is 19.1 Å². The van der Waals surface area contributed by atoms with Crippen LogP contribution in [0.15, 0.2) is 0 Å². The largest absolute Gasteiger partial charge is 0.469 e. The van der Waals surface area contributed by atoms with E-state index in [1.165, 1.54) is 7.11 Å². The number of carbonyl (C=O) groups is 3. The summed E-state index contributed by atoms with van der Waals surface area (Å²) in [5.41, 5.74) is 4.97. The smallest absolute Gasteiger partial charge is 0.308 e. The van der Waals surface area contributed by atoms with Crippen LogP contribution >= 0.6 is 0 Å². The number of hydrogen-bond donors (Lipinski definition) is 1. The Hall–Kier alpha value is -1.39. The summed E-state index contributed by atoms with van der Waals surface area (Å²) in [6.45, 7) is 3.23. The Labute approximate surface area is 89.0 Å². The summed E-state index contributed by atoms with van der Waals surface area (Å²) in [6.07, 6.45) is 0.105. The maximum absolute atomic E-state index is 11.5. The van der Waals surface area contributed by atoms with Gasteiger partial charge >= 0.3 is 5.97 Å². The van der Waals surface area contributed by atoms with E-state index in [9.17, 15) is 14.4 Å². The van der Waals surface area contributed by atoms with E-state index in [4.69, 9.17) is 5.73 Å². The highest BCUT2D eigenvalue weighted by Gasteiger charge is 2.22. The summed E-state index contributed by atoms with van der Waals surface area (Å²) >= 11 is 0. The number of hydrogen-bond acceptors (Lipinski definition) is 4. The van der Waals surface area contributed by atoms with E-state index in [2.05, 4.69) is 4.74 Å². The fourth-order valence-corrected chi connectivity index (χ4v) is 1.20. The lowest BCUT2D eigenvalue weighted by Gasteiger charge is -2.11. The molecule has 0 unspecified atom stereocenters. The molecule has 5 heteroatoms. The average Bonchev–Trinajstić information content (AvgIpc) is 2.15. The van der Waals surface area contributed by atoms with Crippen LogP contribution in [0.1, 0.15) is 26.7 Å². The molecule has 0 rings (SSSR count). The maximum Gasteiger partial charge on any atom is 0.308 e. The molecule has 0 spiro atoms. The number of esters is 1. The number of rotatable bonds is 6. The van der Waals surface area contributed by atoms with Crippen molar-refractivity contribution in [1.82, 2.24) is 0 Å². The van der Waals surface area contributed by atoms with Gasteiger partial charge in [0, 0.05) is 18.8 Å². The lowest BCUT2D eigenvalue weighted by Crippen LogP contribution is -2.24. The number of primary amides is 1. The predicted molar refractivity (Wildman–Crippen MR) is 53.8 cm³/mol. The lowest BCUT2D eigenvalue weighted by molar-refractivity contribution is -0.146. The average molecular weight is 215 g/mol. The first-order chi connectivity index (χ1) is 6.88. The van der Waals surface area contributed by atoms with Gasteiger partial charge in [0.05, 0.1) is 13.0 Å². The minimum Gasteiger partial charge on any atom is -0.469 e. The highest BCUT2D eigenvalue weighted by molar-refractivity contribution is 5.88. The topological polar surface area (TPSA) is 86.5 Å². The van der Waals surface area contributed by atoms with Crippen molar-refractivity contribution in [1.29, 1.82) is 0 Å². The highest BCUT2D eigenvalue weighted by Crippen LogP contribution is 2.12. The standard InChI is InChI=1S/C10H17NO4/c1-6(5-9(11)13)8(12)4-7(2)10(14)15-3/h6-7H,4-5H2,1-3H3,(H2,11,13)/t6-,7+/m0/s1. The molecule has 15 heavy (non-hydrogen) atoms. The molecule has 0 aliphatic heterocycles. The van der Waals surface area contributed by atoms with Gasteiger partial charge in [-0.05, 0) is 0 Å². The second kappa shape index (κ2) is 6.16. The van der Waals surface area contributed by atoms with Crippen LogP contribution in [0.25, 0.3) is 0 Å². The van der Waals surface area contributed by atoms with Crippen LogP contribution < -0.4 is 5.73 Å². The van der Waals surface area contributed by atoms with Gasteiger partial charge in [-0.15, -0.1) is 0 Å². The van der Waals surface area contributed by atoms with E-state index in [-0.39, 0.29) is 18.6 Å². The first kappa shape index (κ1) is 13.6. The van der Waals surface area contributed by atoms with Crippen LogP contribution in [-0.4, -0.2) is 24.8 Å². The van der Waals surface area contributed by atoms with Crippen molar-refractivity contribution in [2.24, 2.45) is 17.6 Å². The zero-order valence-corrected chi connectivity index (χ0v) is 9.28. The minimum absolute atomic E-state index is 0.0206. The second-order valence-corrected chi connectivity index (χ2v) is 3.67. The van der Waals surface area contributed by atoms with Gasteiger partial charge in [0.2, 0.25) is 5.91 Å². The number of ketones is 1. The molecule has 0 radical (unpaired) electrons. The Bertz CT molecular complexity index is 262. The van der Waals surface area contributed by atoms with Gasteiger partial charge < -0.3 is 10.5 Å². The van der Waals surface area contributed by atoms with Crippen LogP contribution in [0.5, 0.6) is 0 Å². The Morgan fingerprint density at radius 1 is 1.13 bits per heavy atom. The van der Waals surface area contributed by atoms with E-state index >= 15 is 0 Å². The second-order valence-electron chi connectivity index (χ2n) is 3.67. The fraction of sp³-hybridized carbons (Fsp3) is 0.700. The van der Waals surface area contributed by atoms with Gasteiger partial charge in [-0.3, -0.25) is 14.4 Å². The number of methoxy groups -OCH3 is 1. The molecule has 0 heterocycles. The van der Waals surface area contributed by atoms with Crippen LogP contribution in [0.2, 0.25) is 0 Å². The van der Waals surface area contributed by atoms with E-state index in [1.807, 2.05) is 0 Å². The molecule has 0 aliphatic carbocycles. The first-order valence-electron chi connectivity index (χ1n) is 4.77. The van der Waals surface area contributed by atoms with E-state index in [0.29, 0.717) is 0 Å². The van der Waals surface area contributed by atoms with Crippen LogP contribution in [-0.2, 0) is 19.1 Å². The summed E-state index contributed by atoms with van der Waals surface area (Å²) in [5, 5.41) is 0. The number of carbonyl (C=O) groups excluding carboxylic acids is 3. The Balaban J connectivity index is 4.12.